The van der Waals surface area contributed by atoms with Crippen molar-refractivity contribution in [1.82, 2.24) is 9.80 Å². The van der Waals surface area contributed by atoms with Crippen LogP contribution in [0.25, 0.3) is 0 Å². The predicted molar refractivity (Wildman–Crippen MR) is 122 cm³/mol. The molecule has 1 fully saturated rings. The molecule has 1 amide bonds. The molecule has 0 saturated carbocycles. The summed E-state index contributed by atoms with van der Waals surface area (Å²) < 4.78 is 11.0. The van der Waals surface area contributed by atoms with Crippen molar-refractivity contribution in [2.24, 2.45) is 0 Å². The van der Waals surface area contributed by atoms with Gasteiger partial charge in [-0.3, -0.25) is 9.69 Å². The van der Waals surface area contributed by atoms with E-state index in [4.69, 9.17) is 9.47 Å². The second-order valence-electron chi connectivity index (χ2n) is 7.18. The summed E-state index contributed by atoms with van der Waals surface area (Å²) in [4.78, 5) is 27.6. The van der Waals surface area contributed by atoms with Gasteiger partial charge in [-0.05, 0) is 40.2 Å². The molecular formula is C18H34I2N2O4. The van der Waals surface area contributed by atoms with Crippen molar-refractivity contribution in [3.05, 3.63) is 0 Å². The number of ether oxygens (including phenoxy) is 2. The fourth-order valence-electron chi connectivity index (χ4n) is 2.45. The van der Waals surface area contributed by atoms with Crippen LogP contribution in [0.2, 0.25) is 0 Å². The number of carbonyl (C=O) groups excluding carboxylic acids is 2. The number of methoxy groups -OCH3 is 1. The van der Waals surface area contributed by atoms with Crippen LogP contribution >= 0.6 is 45.2 Å². The molecule has 8 heteroatoms. The number of halogens is 2. The number of hydrogen-bond donors (Lipinski definition) is 0. The smallest absolute Gasteiger partial charge is 0.410 e. The maximum Gasteiger partial charge on any atom is 0.410 e. The summed E-state index contributed by atoms with van der Waals surface area (Å²) in [7, 11) is 1.37. The van der Waals surface area contributed by atoms with Gasteiger partial charge in [0, 0.05) is 13.1 Å². The standard InChI is InChI=1S/C14H26N2O4.C4H8I2/c1-6-7-15-8-9-16(10-11(15)12(17)19-5)13(18)20-14(2,3)4;1-2-3-4(5)6/h11H,6-10H2,1-5H3;4H,2-3H2,1H3. The van der Waals surface area contributed by atoms with Crippen molar-refractivity contribution in [3.63, 3.8) is 0 Å². The Labute approximate surface area is 186 Å². The van der Waals surface area contributed by atoms with E-state index in [1.54, 1.807) is 4.90 Å². The third-order valence-corrected chi connectivity index (χ3v) is 4.88. The van der Waals surface area contributed by atoms with Gasteiger partial charge in [0.05, 0.1) is 15.6 Å². The van der Waals surface area contributed by atoms with Gasteiger partial charge in [0.1, 0.15) is 11.6 Å². The summed E-state index contributed by atoms with van der Waals surface area (Å²) >= 11 is 4.86. The van der Waals surface area contributed by atoms with Crippen LogP contribution in [-0.4, -0.2) is 68.7 Å². The fourth-order valence-corrected chi connectivity index (χ4v) is 3.69. The summed E-state index contributed by atoms with van der Waals surface area (Å²) in [6.07, 6.45) is 3.25. The van der Waals surface area contributed by atoms with E-state index in [1.165, 1.54) is 20.0 Å². The van der Waals surface area contributed by atoms with E-state index in [1.807, 2.05) is 20.8 Å². The van der Waals surface area contributed by atoms with E-state index in [9.17, 15) is 9.59 Å². The van der Waals surface area contributed by atoms with E-state index in [0.717, 1.165) is 14.9 Å². The third kappa shape index (κ3) is 11.1. The maximum absolute atomic E-state index is 12.1. The van der Waals surface area contributed by atoms with Crippen LogP contribution in [0, 0.1) is 0 Å². The van der Waals surface area contributed by atoms with Crippen LogP contribution in [0.1, 0.15) is 53.9 Å². The highest BCUT2D eigenvalue weighted by atomic mass is 127. The number of alkyl halides is 2. The first kappa shape index (κ1) is 26.2. The molecule has 1 aliphatic rings. The molecule has 1 unspecified atom stereocenters. The Balaban J connectivity index is 0.000000896. The second-order valence-corrected chi connectivity index (χ2v) is 12.6. The van der Waals surface area contributed by atoms with Crippen molar-refractivity contribution >= 4 is 57.2 Å². The van der Waals surface area contributed by atoms with Crippen LogP contribution < -0.4 is 0 Å². The molecule has 0 spiro atoms. The molecule has 6 nitrogen and oxygen atoms in total. The number of amides is 1. The molecule has 0 N–H and O–H groups in total. The van der Waals surface area contributed by atoms with Gasteiger partial charge in [-0.1, -0.05) is 65.5 Å². The minimum absolute atomic E-state index is 0.299. The van der Waals surface area contributed by atoms with E-state index < -0.39 is 11.6 Å². The maximum atomic E-state index is 12.1. The zero-order valence-corrected chi connectivity index (χ0v) is 21.2. The molecule has 0 aromatic heterocycles. The van der Waals surface area contributed by atoms with Gasteiger partial charge in [0.2, 0.25) is 0 Å². The lowest BCUT2D eigenvalue weighted by Gasteiger charge is -2.40. The molecule has 0 bridgehead atoms. The SMILES string of the molecule is CCCC(I)I.CCCN1CCN(C(=O)OC(C)(C)C)CC1C(=O)OC. The number of hydrogen-bond acceptors (Lipinski definition) is 5. The molecule has 0 aliphatic carbocycles. The lowest BCUT2D eigenvalue weighted by molar-refractivity contribution is -0.149. The highest BCUT2D eigenvalue weighted by Crippen LogP contribution is 2.16. The molecule has 1 saturated heterocycles. The molecule has 0 aromatic carbocycles. The number of nitrogens with zero attached hydrogens (tertiary/aromatic N) is 2. The lowest BCUT2D eigenvalue weighted by atomic mass is 10.1. The Morgan fingerprint density at radius 2 is 1.77 bits per heavy atom. The quantitative estimate of drug-likeness (QED) is 0.267. The van der Waals surface area contributed by atoms with Gasteiger partial charge in [0.25, 0.3) is 0 Å². The van der Waals surface area contributed by atoms with Crippen molar-refractivity contribution in [3.8, 4) is 0 Å². The van der Waals surface area contributed by atoms with E-state index in [-0.39, 0.29) is 12.1 Å². The first-order chi connectivity index (χ1) is 12.1. The number of esters is 1. The normalized spacial score (nSPS) is 18.2. The number of rotatable bonds is 5. The second kappa shape index (κ2) is 13.4. The molecular weight excluding hydrogens is 562 g/mol. The van der Waals surface area contributed by atoms with E-state index in [0.29, 0.717) is 19.6 Å². The molecule has 26 heavy (non-hydrogen) atoms. The van der Waals surface area contributed by atoms with Gasteiger partial charge < -0.3 is 14.4 Å². The Morgan fingerprint density at radius 3 is 2.15 bits per heavy atom. The minimum atomic E-state index is -0.529. The zero-order chi connectivity index (χ0) is 20.3. The highest BCUT2D eigenvalue weighted by Gasteiger charge is 2.36. The van der Waals surface area contributed by atoms with Crippen LogP contribution in [0.5, 0.6) is 0 Å². The first-order valence-corrected chi connectivity index (χ1v) is 11.6. The van der Waals surface area contributed by atoms with Crippen molar-refractivity contribution < 1.29 is 19.1 Å². The lowest BCUT2D eigenvalue weighted by Crippen LogP contribution is -2.58. The van der Waals surface area contributed by atoms with Gasteiger partial charge in [-0.15, -0.1) is 0 Å². The molecule has 1 aliphatic heterocycles. The minimum Gasteiger partial charge on any atom is -0.468 e. The van der Waals surface area contributed by atoms with Gasteiger partial charge >= 0.3 is 12.1 Å². The summed E-state index contributed by atoms with van der Waals surface area (Å²) in [6.45, 7) is 12.1. The largest absolute Gasteiger partial charge is 0.468 e. The highest BCUT2D eigenvalue weighted by molar-refractivity contribution is 14.2. The number of carbonyl (C=O) groups is 2. The van der Waals surface area contributed by atoms with Gasteiger partial charge in [-0.25, -0.2) is 4.79 Å². The van der Waals surface area contributed by atoms with Crippen molar-refractivity contribution in [2.75, 3.05) is 33.3 Å². The van der Waals surface area contributed by atoms with E-state index in [2.05, 4.69) is 63.9 Å². The number of piperazine rings is 1. The Morgan fingerprint density at radius 1 is 1.15 bits per heavy atom. The Hall–Kier alpha value is 0.160. The summed E-state index contributed by atoms with van der Waals surface area (Å²) in [5.41, 5.74) is -0.529. The van der Waals surface area contributed by atoms with Gasteiger partial charge in [0.15, 0.2) is 0 Å². The zero-order valence-electron chi connectivity index (χ0n) is 16.9. The summed E-state index contributed by atoms with van der Waals surface area (Å²) in [6, 6.07) is -0.402. The first-order valence-electron chi connectivity index (χ1n) is 9.13. The molecule has 0 radical (unpaired) electrons. The van der Waals surface area contributed by atoms with Crippen molar-refractivity contribution in [2.45, 2.75) is 67.5 Å². The third-order valence-electron chi connectivity index (χ3n) is 3.63. The molecule has 0 aromatic rings. The van der Waals surface area contributed by atoms with Crippen molar-refractivity contribution in [1.29, 1.82) is 0 Å². The van der Waals surface area contributed by atoms with Crippen LogP contribution in [0.3, 0.4) is 0 Å². The topological polar surface area (TPSA) is 59.1 Å². The summed E-state index contributed by atoms with van der Waals surface area (Å²) in [5.74, 6) is -0.299. The monoisotopic (exact) mass is 596 g/mol. The average Bonchev–Trinajstić information content (AvgIpc) is 2.53. The molecule has 1 heterocycles. The predicted octanol–water partition coefficient (Wildman–Crippen LogP) is 4.47. The van der Waals surface area contributed by atoms with Crippen LogP contribution in [0.15, 0.2) is 0 Å². The summed E-state index contributed by atoms with van der Waals surface area (Å²) in [5, 5.41) is 0. The molecule has 1 atom stereocenters. The van der Waals surface area contributed by atoms with E-state index >= 15 is 0 Å². The fraction of sp³-hybridized carbons (Fsp3) is 0.889. The van der Waals surface area contributed by atoms with Gasteiger partial charge in [-0.2, -0.15) is 0 Å². The average molecular weight is 596 g/mol. The molecule has 154 valence electrons. The Kier molecular flexibility index (Phi) is 13.4. The molecule has 1 rings (SSSR count). The van der Waals surface area contributed by atoms with Crippen LogP contribution in [0.4, 0.5) is 4.79 Å². The Bertz CT molecular complexity index is 428. The van der Waals surface area contributed by atoms with Crippen LogP contribution in [-0.2, 0) is 14.3 Å².